The molecule has 0 atom stereocenters. The molecule has 1 heteroatoms. The maximum absolute atomic E-state index is 5.52. The van der Waals surface area contributed by atoms with Crippen LogP contribution in [-0.4, -0.2) is 12.2 Å². The Balaban J connectivity index is 2.29. The van der Waals surface area contributed by atoms with Crippen molar-refractivity contribution in [1.82, 2.24) is 0 Å². The van der Waals surface area contributed by atoms with Crippen LogP contribution in [0, 0.1) is 11.8 Å². The van der Waals surface area contributed by atoms with Crippen molar-refractivity contribution in [3.05, 3.63) is 0 Å². The quantitative estimate of drug-likeness (QED) is 0.570. The molecular formula is C10H20O. The molecule has 1 rings (SSSR count). The number of ether oxygens (including phenoxy) is 1. The van der Waals surface area contributed by atoms with E-state index in [1.807, 2.05) is 0 Å². The second-order valence-corrected chi connectivity index (χ2v) is 4.67. The smallest absolute Gasteiger partial charge is 0.0921 e. The lowest BCUT2D eigenvalue weighted by atomic mass is 9.90. The molecule has 0 aromatic rings. The molecule has 0 radical (unpaired) electrons. The summed E-state index contributed by atoms with van der Waals surface area (Å²) in [6.07, 6.45) is 2.48. The van der Waals surface area contributed by atoms with E-state index in [0.717, 1.165) is 18.4 Å². The van der Waals surface area contributed by atoms with E-state index < -0.39 is 0 Å². The molecule has 0 aliphatic carbocycles. The first-order valence-corrected chi connectivity index (χ1v) is 4.68. The molecule has 1 nitrogen and oxygen atoms in total. The van der Waals surface area contributed by atoms with Crippen molar-refractivity contribution in [2.24, 2.45) is 11.8 Å². The second-order valence-electron chi connectivity index (χ2n) is 4.67. The van der Waals surface area contributed by atoms with Crippen LogP contribution >= 0.6 is 0 Å². The van der Waals surface area contributed by atoms with Crippen molar-refractivity contribution in [3.63, 3.8) is 0 Å². The molecule has 0 N–H and O–H groups in total. The Bertz CT molecular complexity index is 111. The molecule has 0 aromatic carbocycles. The molecule has 1 saturated heterocycles. The van der Waals surface area contributed by atoms with Gasteiger partial charge in [-0.05, 0) is 24.7 Å². The highest BCUT2D eigenvalue weighted by Crippen LogP contribution is 2.39. The van der Waals surface area contributed by atoms with Gasteiger partial charge in [-0.2, -0.15) is 0 Å². The van der Waals surface area contributed by atoms with Crippen molar-refractivity contribution in [3.8, 4) is 0 Å². The third-order valence-electron chi connectivity index (χ3n) is 2.11. The molecule has 11 heavy (non-hydrogen) atoms. The third-order valence-corrected chi connectivity index (χ3v) is 2.11. The van der Waals surface area contributed by atoms with Gasteiger partial charge in [0.25, 0.3) is 0 Å². The normalized spacial score (nSPS) is 21.3. The van der Waals surface area contributed by atoms with Crippen LogP contribution in [0.25, 0.3) is 0 Å². The first-order chi connectivity index (χ1) is 5.04. The van der Waals surface area contributed by atoms with Crippen LogP contribution in [0.2, 0.25) is 0 Å². The summed E-state index contributed by atoms with van der Waals surface area (Å²) in [7, 11) is 0. The molecule has 0 unspecified atom stereocenters. The summed E-state index contributed by atoms with van der Waals surface area (Å²) in [4.78, 5) is 0. The Hall–Kier alpha value is -0.0400. The van der Waals surface area contributed by atoms with Crippen LogP contribution in [0.1, 0.15) is 40.5 Å². The van der Waals surface area contributed by atoms with Gasteiger partial charge in [0, 0.05) is 0 Å². The van der Waals surface area contributed by atoms with Gasteiger partial charge >= 0.3 is 0 Å². The summed E-state index contributed by atoms with van der Waals surface area (Å²) in [5, 5.41) is 0. The van der Waals surface area contributed by atoms with E-state index in [2.05, 4.69) is 27.7 Å². The van der Waals surface area contributed by atoms with E-state index in [1.54, 1.807) is 0 Å². The van der Waals surface area contributed by atoms with Crippen molar-refractivity contribution in [2.45, 2.75) is 46.1 Å². The minimum atomic E-state index is 0.294. The molecular weight excluding hydrogens is 136 g/mol. The lowest BCUT2D eigenvalue weighted by Gasteiger charge is -2.15. The van der Waals surface area contributed by atoms with Crippen molar-refractivity contribution < 1.29 is 4.74 Å². The molecule has 1 aliphatic heterocycles. The minimum absolute atomic E-state index is 0.294. The number of epoxide rings is 1. The molecule has 0 saturated carbocycles. The first kappa shape index (κ1) is 9.05. The maximum Gasteiger partial charge on any atom is 0.0921 e. The SMILES string of the molecule is CC(C)CC1(CC(C)C)CO1. The number of rotatable bonds is 4. The molecule has 0 amide bonds. The summed E-state index contributed by atoms with van der Waals surface area (Å²) in [6.45, 7) is 10.1. The fourth-order valence-corrected chi connectivity index (χ4v) is 1.91. The highest BCUT2D eigenvalue weighted by Gasteiger charge is 2.44. The van der Waals surface area contributed by atoms with Crippen molar-refractivity contribution in [2.75, 3.05) is 6.61 Å². The number of hydrogen-bond donors (Lipinski definition) is 0. The van der Waals surface area contributed by atoms with Gasteiger partial charge in [-0.15, -0.1) is 0 Å². The Kier molecular flexibility index (Phi) is 2.58. The van der Waals surface area contributed by atoms with Gasteiger partial charge in [0.05, 0.1) is 12.2 Å². The molecule has 0 aromatic heterocycles. The van der Waals surface area contributed by atoms with Crippen LogP contribution in [0.5, 0.6) is 0 Å². The van der Waals surface area contributed by atoms with Crippen LogP contribution in [0.4, 0.5) is 0 Å². The molecule has 1 fully saturated rings. The predicted octanol–water partition coefficient (Wildman–Crippen LogP) is 2.85. The molecule has 66 valence electrons. The largest absolute Gasteiger partial charge is 0.370 e. The highest BCUT2D eigenvalue weighted by atomic mass is 16.6. The number of hydrogen-bond acceptors (Lipinski definition) is 1. The molecule has 0 bridgehead atoms. The minimum Gasteiger partial charge on any atom is -0.370 e. The Morgan fingerprint density at radius 1 is 1.09 bits per heavy atom. The maximum atomic E-state index is 5.52. The third kappa shape index (κ3) is 2.82. The topological polar surface area (TPSA) is 12.5 Å². The van der Waals surface area contributed by atoms with Gasteiger partial charge in [-0.25, -0.2) is 0 Å². The van der Waals surface area contributed by atoms with Crippen LogP contribution in [0.3, 0.4) is 0 Å². The second kappa shape index (κ2) is 3.14. The van der Waals surface area contributed by atoms with Crippen molar-refractivity contribution >= 4 is 0 Å². The molecule has 1 heterocycles. The zero-order chi connectivity index (χ0) is 8.48. The summed E-state index contributed by atoms with van der Waals surface area (Å²) < 4.78 is 5.52. The van der Waals surface area contributed by atoms with Crippen LogP contribution in [-0.2, 0) is 4.74 Å². The van der Waals surface area contributed by atoms with Gasteiger partial charge in [-0.3, -0.25) is 0 Å². The van der Waals surface area contributed by atoms with E-state index in [4.69, 9.17) is 4.74 Å². The summed E-state index contributed by atoms with van der Waals surface area (Å²) in [5.41, 5.74) is 0.294. The fraction of sp³-hybridized carbons (Fsp3) is 1.00. The lowest BCUT2D eigenvalue weighted by molar-refractivity contribution is 0.229. The van der Waals surface area contributed by atoms with Crippen molar-refractivity contribution in [1.29, 1.82) is 0 Å². The summed E-state index contributed by atoms with van der Waals surface area (Å²) >= 11 is 0. The Morgan fingerprint density at radius 2 is 1.45 bits per heavy atom. The van der Waals surface area contributed by atoms with E-state index in [1.165, 1.54) is 12.8 Å². The first-order valence-electron chi connectivity index (χ1n) is 4.68. The molecule has 0 spiro atoms. The average Bonchev–Trinajstić information content (AvgIpc) is 2.43. The summed E-state index contributed by atoms with van der Waals surface area (Å²) in [5.74, 6) is 1.55. The van der Waals surface area contributed by atoms with Gasteiger partial charge < -0.3 is 4.74 Å². The van der Waals surface area contributed by atoms with E-state index in [-0.39, 0.29) is 0 Å². The van der Waals surface area contributed by atoms with Crippen LogP contribution in [0.15, 0.2) is 0 Å². The van der Waals surface area contributed by atoms with E-state index in [0.29, 0.717) is 5.60 Å². The monoisotopic (exact) mass is 156 g/mol. The molecule has 1 aliphatic rings. The zero-order valence-corrected chi connectivity index (χ0v) is 8.18. The standard InChI is InChI=1S/C10H20O/c1-8(2)5-10(7-11-10)6-9(3)4/h8-9H,5-7H2,1-4H3. The summed E-state index contributed by atoms with van der Waals surface area (Å²) in [6, 6.07) is 0. The highest BCUT2D eigenvalue weighted by molar-refractivity contribution is 4.93. The lowest BCUT2D eigenvalue weighted by Crippen LogP contribution is -2.16. The van der Waals surface area contributed by atoms with Gasteiger partial charge in [0.2, 0.25) is 0 Å². The fourth-order valence-electron chi connectivity index (χ4n) is 1.91. The van der Waals surface area contributed by atoms with Gasteiger partial charge in [-0.1, -0.05) is 27.7 Å². The Labute approximate surface area is 70.1 Å². The average molecular weight is 156 g/mol. The van der Waals surface area contributed by atoms with Gasteiger partial charge in [0.1, 0.15) is 0 Å². The predicted molar refractivity (Wildman–Crippen MR) is 47.6 cm³/mol. The van der Waals surface area contributed by atoms with E-state index in [9.17, 15) is 0 Å². The van der Waals surface area contributed by atoms with Gasteiger partial charge in [0.15, 0.2) is 0 Å². The van der Waals surface area contributed by atoms with Crippen LogP contribution < -0.4 is 0 Å². The van der Waals surface area contributed by atoms with E-state index >= 15 is 0 Å². The Morgan fingerprint density at radius 3 is 1.64 bits per heavy atom. The zero-order valence-electron chi connectivity index (χ0n) is 8.18.